The Labute approximate surface area is 109 Å². The van der Waals surface area contributed by atoms with E-state index < -0.39 is 12.1 Å². The lowest BCUT2D eigenvalue weighted by Gasteiger charge is -2.29. The van der Waals surface area contributed by atoms with Crippen LogP contribution >= 0.6 is 0 Å². The normalized spacial score (nSPS) is 12.1. The van der Waals surface area contributed by atoms with Crippen LogP contribution in [-0.4, -0.2) is 42.8 Å². The van der Waals surface area contributed by atoms with Crippen molar-refractivity contribution in [3.05, 3.63) is 0 Å². The first kappa shape index (κ1) is 16.7. The summed E-state index contributed by atoms with van der Waals surface area (Å²) in [7, 11) is 0. The molecule has 0 bridgehead atoms. The summed E-state index contributed by atoms with van der Waals surface area (Å²) in [6.07, 6.45) is 0.115. The Balaban J connectivity index is 4.87. The molecule has 0 aliphatic rings. The number of ether oxygens (including phenoxy) is 2. The maximum absolute atomic E-state index is 11.9. The molecule has 0 aromatic carbocycles. The minimum atomic E-state index is -0.561. The SMILES string of the molecule is CCOC(=O)[C@H](CC(C)C)N(CC)C(=O)OCC. The molecule has 0 aromatic heterocycles. The predicted molar refractivity (Wildman–Crippen MR) is 69.3 cm³/mol. The van der Waals surface area contributed by atoms with Crippen molar-refractivity contribution in [1.82, 2.24) is 4.90 Å². The van der Waals surface area contributed by atoms with Crippen LogP contribution < -0.4 is 0 Å². The van der Waals surface area contributed by atoms with Gasteiger partial charge in [0.25, 0.3) is 0 Å². The number of nitrogens with zero attached hydrogens (tertiary/aromatic N) is 1. The zero-order valence-electron chi connectivity index (χ0n) is 12.1. The van der Waals surface area contributed by atoms with Crippen molar-refractivity contribution in [2.24, 2.45) is 5.92 Å². The summed E-state index contributed by atoms with van der Waals surface area (Å²) in [5.74, 6) is -0.0658. The molecule has 0 saturated heterocycles. The topological polar surface area (TPSA) is 55.8 Å². The van der Waals surface area contributed by atoms with E-state index in [9.17, 15) is 9.59 Å². The Morgan fingerprint density at radius 2 is 1.61 bits per heavy atom. The van der Waals surface area contributed by atoms with Crippen LogP contribution in [0.15, 0.2) is 0 Å². The van der Waals surface area contributed by atoms with Crippen LogP contribution in [0.1, 0.15) is 41.0 Å². The van der Waals surface area contributed by atoms with Crippen molar-refractivity contribution < 1.29 is 19.1 Å². The molecule has 106 valence electrons. The lowest BCUT2D eigenvalue weighted by atomic mass is 10.0. The molecule has 0 spiro atoms. The van der Waals surface area contributed by atoms with E-state index in [0.29, 0.717) is 32.1 Å². The van der Waals surface area contributed by atoms with Crippen LogP contribution in [0, 0.1) is 5.92 Å². The third-order valence-electron chi connectivity index (χ3n) is 2.47. The Hall–Kier alpha value is -1.26. The van der Waals surface area contributed by atoms with Gasteiger partial charge in [-0.3, -0.25) is 4.90 Å². The van der Waals surface area contributed by atoms with Gasteiger partial charge in [0, 0.05) is 6.54 Å². The summed E-state index contributed by atoms with van der Waals surface area (Å²) in [6.45, 7) is 10.4. The molecule has 0 radical (unpaired) electrons. The molecule has 0 aliphatic heterocycles. The van der Waals surface area contributed by atoms with E-state index >= 15 is 0 Å². The lowest BCUT2D eigenvalue weighted by Crippen LogP contribution is -2.46. The third-order valence-corrected chi connectivity index (χ3v) is 2.47. The van der Waals surface area contributed by atoms with Crippen LogP contribution in [0.5, 0.6) is 0 Å². The molecule has 1 amide bonds. The van der Waals surface area contributed by atoms with Crippen molar-refractivity contribution in [2.45, 2.75) is 47.1 Å². The Morgan fingerprint density at radius 3 is 2.00 bits per heavy atom. The Kier molecular flexibility index (Phi) is 8.16. The molecule has 5 nitrogen and oxygen atoms in total. The summed E-state index contributed by atoms with van der Waals surface area (Å²) < 4.78 is 9.99. The third kappa shape index (κ3) is 5.38. The summed E-state index contributed by atoms with van der Waals surface area (Å²) in [4.78, 5) is 25.2. The fraction of sp³-hybridized carbons (Fsp3) is 0.846. The molecule has 0 rings (SSSR count). The zero-order chi connectivity index (χ0) is 14.1. The first-order valence-electron chi connectivity index (χ1n) is 6.57. The standard InChI is InChI=1S/C13H25NO4/c1-6-14(13(16)18-8-3)11(9-10(4)5)12(15)17-7-2/h10-11H,6-9H2,1-5H3/t11-/m0/s1. The summed E-state index contributed by atoms with van der Waals surface area (Å²) in [5.41, 5.74) is 0. The van der Waals surface area contributed by atoms with Gasteiger partial charge >= 0.3 is 12.1 Å². The smallest absolute Gasteiger partial charge is 0.410 e. The highest BCUT2D eigenvalue weighted by molar-refractivity contribution is 5.81. The minimum absolute atomic E-state index is 0.294. The van der Waals surface area contributed by atoms with Crippen molar-refractivity contribution in [3.63, 3.8) is 0 Å². The van der Waals surface area contributed by atoms with Gasteiger partial charge in [-0.1, -0.05) is 13.8 Å². The maximum Gasteiger partial charge on any atom is 0.410 e. The molecule has 0 aliphatic carbocycles. The van der Waals surface area contributed by atoms with E-state index in [4.69, 9.17) is 9.47 Å². The van der Waals surface area contributed by atoms with Crippen LogP contribution in [0.4, 0.5) is 4.79 Å². The summed E-state index contributed by atoms with van der Waals surface area (Å²) >= 11 is 0. The molecule has 5 heteroatoms. The molecule has 0 heterocycles. The van der Waals surface area contributed by atoms with Crippen LogP contribution in [0.3, 0.4) is 0 Å². The number of carbonyl (C=O) groups is 2. The van der Waals surface area contributed by atoms with Crippen molar-refractivity contribution in [2.75, 3.05) is 19.8 Å². The number of hydrogen-bond acceptors (Lipinski definition) is 4. The highest BCUT2D eigenvalue weighted by atomic mass is 16.6. The van der Waals surface area contributed by atoms with Crippen LogP contribution in [0.25, 0.3) is 0 Å². The van der Waals surface area contributed by atoms with E-state index in [1.54, 1.807) is 13.8 Å². The Morgan fingerprint density at radius 1 is 1.06 bits per heavy atom. The number of rotatable bonds is 7. The zero-order valence-corrected chi connectivity index (χ0v) is 12.1. The van der Waals surface area contributed by atoms with Gasteiger partial charge in [-0.15, -0.1) is 0 Å². The highest BCUT2D eigenvalue weighted by Gasteiger charge is 2.31. The van der Waals surface area contributed by atoms with E-state index in [-0.39, 0.29) is 5.97 Å². The van der Waals surface area contributed by atoms with Gasteiger partial charge in [0.15, 0.2) is 0 Å². The summed E-state index contributed by atoms with van der Waals surface area (Å²) in [6, 6.07) is -0.561. The van der Waals surface area contributed by atoms with Crippen LogP contribution in [0.2, 0.25) is 0 Å². The number of amides is 1. The van der Waals surface area contributed by atoms with Gasteiger partial charge in [0.05, 0.1) is 13.2 Å². The van der Waals surface area contributed by atoms with Gasteiger partial charge in [0.2, 0.25) is 0 Å². The molecule has 0 saturated carbocycles. The second-order valence-corrected chi connectivity index (χ2v) is 4.38. The average molecular weight is 259 g/mol. The van der Waals surface area contributed by atoms with Gasteiger partial charge < -0.3 is 9.47 Å². The highest BCUT2D eigenvalue weighted by Crippen LogP contribution is 2.14. The van der Waals surface area contributed by atoms with Gasteiger partial charge in [-0.25, -0.2) is 9.59 Å². The van der Waals surface area contributed by atoms with Gasteiger partial charge in [-0.05, 0) is 33.1 Å². The van der Waals surface area contributed by atoms with Crippen molar-refractivity contribution in [1.29, 1.82) is 0 Å². The van der Waals surface area contributed by atoms with E-state index in [1.807, 2.05) is 20.8 Å². The average Bonchev–Trinajstić information content (AvgIpc) is 2.28. The second-order valence-electron chi connectivity index (χ2n) is 4.38. The molecule has 0 fully saturated rings. The number of likely N-dealkylation sites (N-methyl/N-ethyl adjacent to an activating group) is 1. The number of hydrogen-bond donors (Lipinski definition) is 0. The largest absolute Gasteiger partial charge is 0.464 e. The first-order valence-corrected chi connectivity index (χ1v) is 6.57. The van der Waals surface area contributed by atoms with E-state index in [0.717, 1.165) is 0 Å². The molecule has 18 heavy (non-hydrogen) atoms. The monoisotopic (exact) mass is 259 g/mol. The molecular weight excluding hydrogens is 234 g/mol. The fourth-order valence-corrected chi connectivity index (χ4v) is 1.72. The lowest BCUT2D eigenvalue weighted by molar-refractivity contribution is -0.149. The maximum atomic E-state index is 11.9. The van der Waals surface area contributed by atoms with Crippen molar-refractivity contribution >= 4 is 12.1 Å². The molecular formula is C13H25NO4. The number of esters is 1. The second kappa shape index (κ2) is 8.78. The molecule has 0 unspecified atom stereocenters. The molecule has 0 aromatic rings. The quantitative estimate of drug-likeness (QED) is 0.659. The predicted octanol–water partition coefficient (Wildman–Crippen LogP) is 2.44. The van der Waals surface area contributed by atoms with Gasteiger partial charge in [-0.2, -0.15) is 0 Å². The number of carbonyl (C=O) groups excluding carboxylic acids is 2. The van der Waals surface area contributed by atoms with E-state index in [1.165, 1.54) is 4.90 Å². The van der Waals surface area contributed by atoms with Crippen molar-refractivity contribution in [3.8, 4) is 0 Å². The fourth-order valence-electron chi connectivity index (χ4n) is 1.72. The van der Waals surface area contributed by atoms with Crippen LogP contribution in [-0.2, 0) is 14.3 Å². The molecule has 0 N–H and O–H groups in total. The van der Waals surface area contributed by atoms with Gasteiger partial charge in [0.1, 0.15) is 6.04 Å². The minimum Gasteiger partial charge on any atom is -0.464 e. The summed E-state index contributed by atoms with van der Waals surface area (Å²) in [5, 5.41) is 0. The molecule has 1 atom stereocenters. The van der Waals surface area contributed by atoms with E-state index in [2.05, 4.69) is 0 Å². The first-order chi connectivity index (χ1) is 8.47. The Bertz CT molecular complexity index is 266.